The molecular formula is C25H44N2O5. The maximum Gasteiger partial charge on any atom is 0.407 e. The van der Waals surface area contributed by atoms with E-state index in [-0.39, 0.29) is 18.4 Å². The smallest absolute Gasteiger partial charge is 0.407 e. The molecule has 0 aliphatic heterocycles. The minimum Gasteiger partial charge on any atom is -0.508 e. The van der Waals surface area contributed by atoms with Crippen LogP contribution < -0.4 is 10.6 Å². The Hall–Kier alpha value is -1.83. The van der Waals surface area contributed by atoms with Crippen LogP contribution in [0.1, 0.15) is 96.6 Å². The van der Waals surface area contributed by atoms with E-state index in [1.165, 1.54) is 38.2 Å². The van der Waals surface area contributed by atoms with Gasteiger partial charge in [0.2, 0.25) is 0 Å². The van der Waals surface area contributed by atoms with Gasteiger partial charge in [-0.15, -0.1) is 0 Å². The van der Waals surface area contributed by atoms with Crippen molar-refractivity contribution in [1.29, 1.82) is 0 Å². The van der Waals surface area contributed by atoms with Gasteiger partial charge in [0.15, 0.2) is 0 Å². The average molecular weight is 453 g/mol. The summed E-state index contributed by atoms with van der Waals surface area (Å²) in [5.74, 6) is 0.0320. The number of amides is 1. The highest BCUT2D eigenvalue weighted by Gasteiger charge is 2.22. The number of phenols is 1. The first kappa shape index (κ1) is 28.2. The monoisotopic (exact) mass is 452 g/mol. The van der Waals surface area contributed by atoms with Gasteiger partial charge in [0.25, 0.3) is 0 Å². The van der Waals surface area contributed by atoms with E-state index in [4.69, 9.17) is 4.74 Å². The largest absolute Gasteiger partial charge is 0.508 e. The van der Waals surface area contributed by atoms with Crippen LogP contribution in [0, 0.1) is 0 Å². The molecule has 1 rings (SSSR count). The Balaban J connectivity index is 2.00. The molecule has 0 fully saturated rings. The van der Waals surface area contributed by atoms with Gasteiger partial charge in [-0.2, -0.15) is 0 Å². The molecule has 7 heteroatoms. The molecule has 1 atom stereocenters. The van der Waals surface area contributed by atoms with Crippen molar-refractivity contribution in [2.75, 3.05) is 13.1 Å². The van der Waals surface area contributed by atoms with E-state index in [1.54, 1.807) is 19.1 Å². The number of aromatic hydroxyl groups is 1. The van der Waals surface area contributed by atoms with Gasteiger partial charge in [0, 0.05) is 12.1 Å². The zero-order valence-electron chi connectivity index (χ0n) is 20.4. The molecule has 0 aromatic heterocycles. The molecule has 1 amide bonds. The lowest BCUT2D eigenvalue weighted by Gasteiger charge is -2.26. The van der Waals surface area contributed by atoms with E-state index < -0.39 is 11.3 Å². The van der Waals surface area contributed by atoms with Crippen LogP contribution in [0.5, 0.6) is 5.75 Å². The van der Waals surface area contributed by atoms with Crippen LogP contribution in [-0.4, -0.2) is 40.1 Å². The van der Waals surface area contributed by atoms with Crippen LogP contribution >= 0.6 is 0 Å². The molecule has 0 radical (unpaired) electrons. The number of alkyl carbamates (subject to hydrolysis) is 1. The van der Waals surface area contributed by atoms with Gasteiger partial charge in [-0.05, 0) is 64.8 Å². The number of unbranched alkanes of at least 4 members (excludes halogenated alkanes) is 8. The maximum atomic E-state index is 11.5. The Labute approximate surface area is 193 Å². The maximum absolute atomic E-state index is 11.5. The molecular weight excluding hydrogens is 408 g/mol. The standard InChI is InChI=1S/C25H44N2O5/c1-24(2,3)32-23(30)26-16-12-10-8-6-5-7-9-11-13-17-27-25(4,31)21-14-15-22(29)20(18-21)19-28/h14-15,18,27-29,31H,5-13,16-17,19H2,1-4H3,(H,26,30). The summed E-state index contributed by atoms with van der Waals surface area (Å²) in [5.41, 5.74) is -0.616. The van der Waals surface area contributed by atoms with Crippen LogP contribution in [0.15, 0.2) is 18.2 Å². The fourth-order valence-corrected chi connectivity index (χ4v) is 3.44. The van der Waals surface area contributed by atoms with E-state index >= 15 is 0 Å². The Morgan fingerprint density at radius 2 is 1.44 bits per heavy atom. The topological polar surface area (TPSA) is 111 Å². The molecule has 0 bridgehead atoms. The van der Waals surface area contributed by atoms with Crippen molar-refractivity contribution in [1.82, 2.24) is 10.6 Å². The van der Waals surface area contributed by atoms with Gasteiger partial charge < -0.3 is 25.4 Å². The molecule has 184 valence electrons. The Morgan fingerprint density at radius 1 is 0.906 bits per heavy atom. The molecule has 1 unspecified atom stereocenters. The summed E-state index contributed by atoms with van der Waals surface area (Å²) >= 11 is 0. The number of rotatable bonds is 15. The van der Waals surface area contributed by atoms with Gasteiger partial charge in [-0.3, -0.25) is 5.32 Å². The van der Waals surface area contributed by atoms with Crippen LogP contribution in [0.2, 0.25) is 0 Å². The van der Waals surface area contributed by atoms with Crippen molar-refractivity contribution in [3.05, 3.63) is 29.3 Å². The summed E-state index contributed by atoms with van der Waals surface area (Å²) in [5, 5.41) is 35.5. The molecule has 0 aliphatic carbocycles. The molecule has 0 saturated heterocycles. The molecule has 1 aromatic carbocycles. The zero-order chi connectivity index (χ0) is 24.0. The van der Waals surface area contributed by atoms with Crippen molar-refractivity contribution in [3.8, 4) is 5.75 Å². The quantitative estimate of drug-likeness (QED) is 0.195. The molecule has 0 aliphatic rings. The number of benzene rings is 1. The van der Waals surface area contributed by atoms with E-state index in [0.29, 0.717) is 24.2 Å². The summed E-state index contributed by atoms with van der Waals surface area (Å²) in [4.78, 5) is 11.5. The van der Waals surface area contributed by atoms with Crippen LogP contribution in [0.4, 0.5) is 4.79 Å². The Kier molecular flexibility index (Phi) is 12.6. The number of nitrogens with one attached hydrogen (secondary N) is 2. The van der Waals surface area contributed by atoms with E-state index in [9.17, 15) is 20.1 Å². The second-order valence-corrected chi connectivity index (χ2v) is 9.61. The Morgan fingerprint density at radius 3 is 1.97 bits per heavy atom. The van der Waals surface area contributed by atoms with Crippen LogP contribution in [0.25, 0.3) is 0 Å². The number of ether oxygens (including phenoxy) is 1. The van der Waals surface area contributed by atoms with Gasteiger partial charge in [0.05, 0.1) is 6.61 Å². The second-order valence-electron chi connectivity index (χ2n) is 9.61. The number of hydrogen-bond donors (Lipinski definition) is 5. The zero-order valence-corrected chi connectivity index (χ0v) is 20.4. The molecule has 0 saturated carbocycles. The third kappa shape index (κ3) is 12.3. The molecule has 7 nitrogen and oxygen atoms in total. The lowest BCUT2D eigenvalue weighted by atomic mass is 10.0. The second kappa shape index (κ2) is 14.3. The van der Waals surface area contributed by atoms with Crippen molar-refractivity contribution in [2.24, 2.45) is 0 Å². The summed E-state index contributed by atoms with van der Waals surface area (Å²) < 4.78 is 5.21. The number of hydrogen-bond acceptors (Lipinski definition) is 6. The van der Waals surface area contributed by atoms with Gasteiger partial charge in [-0.25, -0.2) is 4.79 Å². The first-order valence-corrected chi connectivity index (χ1v) is 11.9. The SMILES string of the molecule is CC(C)(C)OC(=O)NCCCCCCCCCCCNC(C)(O)c1ccc(O)c(CO)c1. The summed E-state index contributed by atoms with van der Waals surface area (Å²) in [6.07, 6.45) is 9.86. The van der Waals surface area contributed by atoms with Gasteiger partial charge in [-0.1, -0.05) is 51.0 Å². The predicted octanol–water partition coefficient (Wildman–Crippen LogP) is 4.67. The third-order valence-corrected chi connectivity index (χ3v) is 5.30. The Bertz CT molecular complexity index is 671. The highest BCUT2D eigenvalue weighted by Crippen LogP contribution is 2.24. The van der Waals surface area contributed by atoms with Gasteiger partial charge >= 0.3 is 6.09 Å². The lowest BCUT2D eigenvalue weighted by Crippen LogP contribution is -2.39. The average Bonchev–Trinajstić information content (AvgIpc) is 2.70. The highest BCUT2D eigenvalue weighted by atomic mass is 16.6. The third-order valence-electron chi connectivity index (χ3n) is 5.30. The van der Waals surface area contributed by atoms with E-state index in [0.717, 1.165) is 25.7 Å². The fourth-order valence-electron chi connectivity index (χ4n) is 3.44. The molecule has 0 heterocycles. The molecule has 1 aromatic rings. The van der Waals surface area contributed by atoms with Crippen molar-refractivity contribution in [3.63, 3.8) is 0 Å². The minimum absolute atomic E-state index is 0.0320. The molecule has 5 N–H and O–H groups in total. The number of carbonyl (C=O) groups is 1. The summed E-state index contributed by atoms with van der Waals surface area (Å²) in [7, 11) is 0. The molecule has 0 spiro atoms. The first-order chi connectivity index (χ1) is 15.0. The lowest BCUT2D eigenvalue weighted by molar-refractivity contribution is 0.0196. The van der Waals surface area contributed by atoms with Crippen molar-refractivity contribution >= 4 is 6.09 Å². The minimum atomic E-state index is -1.20. The van der Waals surface area contributed by atoms with Gasteiger partial charge in [0.1, 0.15) is 17.1 Å². The summed E-state index contributed by atoms with van der Waals surface area (Å²) in [6, 6.07) is 4.78. The number of aliphatic hydroxyl groups is 2. The molecule has 32 heavy (non-hydrogen) atoms. The van der Waals surface area contributed by atoms with Crippen molar-refractivity contribution in [2.45, 2.75) is 103 Å². The number of carbonyl (C=O) groups excluding carboxylic acids is 1. The number of aliphatic hydroxyl groups excluding tert-OH is 1. The fraction of sp³-hybridized carbons (Fsp3) is 0.720. The normalized spacial score (nSPS) is 13.6. The predicted molar refractivity (Wildman–Crippen MR) is 127 cm³/mol. The van der Waals surface area contributed by atoms with Crippen LogP contribution in [-0.2, 0) is 17.1 Å². The first-order valence-electron chi connectivity index (χ1n) is 11.9. The van der Waals surface area contributed by atoms with E-state index in [2.05, 4.69) is 10.6 Å². The van der Waals surface area contributed by atoms with E-state index in [1.807, 2.05) is 20.8 Å². The highest BCUT2D eigenvalue weighted by molar-refractivity contribution is 5.67. The van der Waals surface area contributed by atoms with Crippen molar-refractivity contribution < 1.29 is 24.9 Å². The van der Waals surface area contributed by atoms with Crippen LogP contribution in [0.3, 0.4) is 0 Å². The summed E-state index contributed by atoms with van der Waals surface area (Å²) in [6.45, 7) is 8.36.